The Morgan fingerprint density at radius 1 is 1.39 bits per heavy atom. The van der Waals surface area contributed by atoms with Crippen molar-refractivity contribution in [2.75, 3.05) is 6.54 Å². The summed E-state index contributed by atoms with van der Waals surface area (Å²) >= 11 is 0.927. The van der Waals surface area contributed by atoms with Crippen LogP contribution in [0.5, 0.6) is 0 Å². The van der Waals surface area contributed by atoms with E-state index < -0.39 is 17.9 Å². The Labute approximate surface area is 137 Å². The van der Waals surface area contributed by atoms with Crippen molar-refractivity contribution >= 4 is 17.4 Å². The van der Waals surface area contributed by atoms with E-state index in [1.54, 1.807) is 6.92 Å². The van der Waals surface area contributed by atoms with Crippen LogP contribution in [0.1, 0.15) is 55.8 Å². The van der Waals surface area contributed by atoms with Crippen LogP contribution in [-0.2, 0) is 6.18 Å². The van der Waals surface area contributed by atoms with Gasteiger partial charge in [0.1, 0.15) is 5.01 Å². The van der Waals surface area contributed by atoms with Crippen molar-refractivity contribution < 1.29 is 18.0 Å². The van der Waals surface area contributed by atoms with E-state index in [9.17, 15) is 18.0 Å². The molecule has 0 radical (unpaired) electrons. The molecule has 0 unspecified atom stereocenters. The zero-order valence-electron chi connectivity index (χ0n) is 12.9. The van der Waals surface area contributed by atoms with E-state index in [4.69, 9.17) is 0 Å². The molecule has 1 aromatic heterocycles. The monoisotopic (exact) mass is 347 g/mol. The molecule has 2 aliphatic rings. The van der Waals surface area contributed by atoms with Gasteiger partial charge in [0.15, 0.2) is 5.69 Å². The van der Waals surface area contributed by atoms with Crippen LogP contribution in [-0.4, -0.2) is 28.5 Å². The molecule has 2 fully saturated rings. The van der Waals surface area contributed by atoms with Gasteiger partial charge in [0.05, 0.1) is 6.04 Å². The van der Waals surface area contributed by atoms with Crippen molar-refractivity contribution in [1.82, 2.24) is 15.2 Å². The molecule has 2 amide bonds. The van der Waals surface area contributed by atoms with Crippen molar-refractivity contribution in [3.63, 3.8) is 0 Å². The van der Waals surface area contributed by atoms with Crippen LogP contribution < -0.4 is 5.32 Å². The van der Waals surface area contributed by atoms with E-state index in [-0.39, 0.29) is 17.1 Å². The lowest BCUT2D eigenvalue weighted by atomic mass is 9.79. The molecule has 23 heavy (non-hydrogen) atoms. The van der Waals surface area contributed by atoms with Crippen molar-refractivity contribution in [3.05, 3.63) is 16.1 Å². The largest absolute Gasteiger partial charge is 0.434 e. The van der Waals surface area contributed by atoms with Gasteiger partial charge in [-0.1, -0.05) is 6.42 Å². The highest BCUT2D eigenvalue weighted by Gasteiger charge is 2.38. The zero-order chi connectivity index (χ0) is 16.6. The second-order valence-electron chi connectivity index (χ2n) is 6.33. The summed E-state index contributed by atoms with van der Waals surface area (Å²) in [4.78, 5) is 17.9. The van der Waals surface area contributed by atoms with Gasteiger partial charge in [-0.15, -0.1) is 11.3 Å². The molecular formula is C15H20F3N3OS. The van der Waals surface area contributed by atoms with E-state index in [1.807, 2.05) is 4.90 Å². The van der Waals surface area contributed by atoms with Crippen LogP contribution in [0.3, 0.4) is 0 Å². The number of rotatable bonds is 3. The van der Waals surface area contributed by atoms with Crippen molar-refractivity contribution in [3.8, 4) is 0 Å². The maximum Gasteiger partial charge on any atom is 0.434 e. The van der Waals surface area contributed by atoms with Crippen LogP contribution in [0.25, 0.3) is 0 Å². The van der Waals surface area contributed by atoms with Crippen LogP contribution >= 0.6 is 11.3 Å². The third kappa shape index (κ3) is 3.46. The highest BCUT2D eigenvalue weighted by molar-refractivity contribution is 7.09. The molecule has 1 saturated carbocycles. The quantitative estimate of drug-likeness (QED) is 0.891. The molecule has 1 aliphatic heterocycles. The number of nitrogens with zero attached hydrogens (tertiary/aromatic N) is 2. The molecule has 2 atom stereocenters. The Bertz CT molecular complexity index is 571. The van der Waals surface area contributed by atoms with Gasteiger partial charge in [0.2, 0.25) is 0 Å². The van der Waals surface area contributed by atoms with Gasteiger partial charge in [-0.05, 0) is 38.5 Å². The number of aromatic nitrogens is 1. The van der Waals surface area contributed by atoms with Gasteiger partial charge in [-0.25, -0.2) is 9.78 Å². The third-order valence-electron chi connectivity index (χ3n) is 4.78. The summed E-state index contributed by atoms with van der Waals surface area (Å²) < 4.78 is 37.8. The lowest BCUT2D eigenvalue weighted by Crippen LogP contribution is -2.47. The lowest BCUT2D eigenvalue weighted by molar-refractivity contribution is -0.140. The summed E-state index contributed by atoms with van der Waals surface area (Å²) in [7, 11) is 0. The fourth-order valence-electron chi connectivity index (χ4n) is 3.31. The van der Waals surface area contributed by atoms with Crippen LogP contribution in [0.2, 0.25) is 0 Å². The Hall–Kier alpha value is -1.31. The van der Waals surface area contributed by atoms with Crippen LogP contribution in [0.15, 0.2) is 5.38 Å². The molecule has 1 aromatic rings. The minimum Gasteiger partial charge on any atom is -0.329 e. The fourth-order valence-corrected chi connectivity index (χ4v) is 4.14. The summed E-state index contributed by atoms with van der Waals surface area (Å²) in [6.07, 6.45) is 1.16. The SMILES string of the molecule is C[C@H](NC(=O)N1CCC[C@@H]1C1CCC1)c1nc(C(F)(F)F)cs1. The van der Waals surface area contributed by atoms with Gasteiger partial charge >= 0.3 is 12.2 Å². The van der Waals surface area contributed by atoms with Crippen LogP contribution in [0, 0.1) is 5.92 Å². The van der Waals surface area contributed by atoms with Gasteiger partial charge in [0.25, 0.3) is 0 Å². The van der Waals surface area contributed by atoms with Crippen molar-refractivity contribution in [2.45, 2.75) is 57.3 Å². The Morgan fingerprint density at radius 3 is 2.70 bits per heavy atom. The molecular weight excluding hydrogens is 327 g/mol. The van der Waals surface area contributed by atoms with Gasteiger partial charge < -0.3 is 10.2 Å². The number of likely N-dealkylation sites (tertiary alicyclic amines) is 1. The predicted molar refractivity (Wildman–Crippen MR) is 81.1 cm³/mol. The molecule has 0 aromatic carbocycles. The first-order chi connectivity index (χ1) is 10.9. The predicted octanol–water partition coefficient (Wildman–Crippen LogP) is 4.20. The standard InChI is InChI=1S/C15H20F3N3OS/c1-9(13-20-12(8-23-13)15(16,17)18)19-14(22)21-7-3-6-11(21)10-4-2-5-10/h8-11H,2-7H2,1H3,(H,19,22)/t9-,11+/m0/s1. The number of amides is 2. The molecule has 0 spiro atoms. The molecule has 1 aliphatic carbocycles. The first-order valence-corrected chi connectivity index (χ1v) is 8.84. The second kappa shape index (κ2) is 6.30. The summed E-state index contributed by atoms with van der Waals surface area (Å²) in [5.41, 5.74) is -0.896. The minimum absolute atomic E-state index is 0.185. The Morgan fingerprint density at radius 2 is 2.13 bits per heavy atom. The summed E-state index contributed by atoms with van der Waals surface area (Å²) in [5.74, 6) is 0.593. The van der Waals surface area contributed by atoms with E-state index >= 15 is 0 Å². The summed E-state index contributed by atoms with van der Waals surface area (Å²) in [6, 6.07) is -0.417. The van der Waals surface area contributed by atoms with Crippen molar-refractivity contribution in [2.24, 2.45) is 5.92 Å². The number of carbonyl (C=O) groups is 1. The van der Waals surface area contributed by atoms with Crippen molar-refractivity contribution in [1.29, 1.82) is 0 Å². The normalized spacial score (nSPS) is 23.7. The van der Waals surface area contributed by atoms with Gasteiger partial charge in [0, 0.05) is 18.0 Å². The van der Waals surface area contributed by atoms with Crippen LogP contribution in [0.4, 0.5) is 18.0 Å². The molecule has 1 N–H and O–H groups in total. The van der Waals surface area contributed by atoms with E-state index in [0.29, 0.717) is 5.92 Å². The first kappa shape index (κ1) is 16.5. The first-order valence-electron chi connectivity index (χ1n) is 7.96. The average molecular weight is 347 g/mol. The molecule has 3 rings (SSSR count). The number of thiazole rings is 1. The number of nitrogens with one attached hydrogen (secondary N) is 1. The van der Waals surface area contributed by atoms with E-state index in [0.717, 1.165) is 36.1 Å². The smallest absolute Gasteiger partial charge is 0.329 e. The topological polar surface area (TPSA) is 45.2 Å². The molecule has 8 heteroatoms. The summed E-state index contributed by atoms with van der Waals surface area (Å²) in [5, 5.41) is 4.08. The van der Waals surface area contributed by atoms with Gasteiger partial charge in [-0.3, -0.25) is 0 Å². The van der Waals surface area contributed by atoms with E-state index in [1.165, 1.54) is 19.3 Å². The number of alkyl halides is 3. The zero-order valence-corrected chi connectivity index (χ0v) is 13.7. The molecule has 1 saturated heterocycles. The Kier molecular flexibility index (Phi) is 4.53. The molecule has 0 bridgehead atoms. The minimum atomic E-state index is -4.44. The average Bonchev–Trinajstić information content (AvgIpc) is 3.04. The van der Waals surface area contributed by atoms with E-state index in [2.05, 4.69) is 10.3 Å². The maximum atomic E-state index is 12.6. The highest BCUT2D eigenvalue weighted by atomic mass is 32.1. The third-order valence-corrected chi connectivity index (χ3v) is 5.80. The number of carbonyl (C=O) groups excluding carboxylic acids is 1. The molecule has 2 heterocycles. The number of hydrogen-bond donors (Lipinski definition) is 1. The number of hydrogen-bond acceptors (Lipinski definition) is 3. The fraction of sp³-hybridized carbons (Fsp3) is 0.733. The Balaban J connectivity index is 1.61. The van der Waals surface area contributed by atoms with Gasteiger partial charge in [-0.2, -0.15) is 13.2 Å². The lowest BCUT2D eigenvalue weighted by Gasteiger charge is -2.37. The molecule has 4 nitrogen and oxygen atoms in total. The highest BCUT2D eigenvalue weighted by Crippen LogP contribution is 2.37. The number of halogens is 3. The second-order valence-corrected chi connectivity index (χ2v) is 7.22. The molecule has 128 valence electrons. The number of urea groups is 1. The maximum absolute atomic E-state index is 12.6. The summed E-state index contributed by atoms with van der Waals surface area (Å²) in [6.45, 7) is 2.40.